The molecule has 0 aromatic heterocycles. The van der Waals surface area contributed by atoms with Crippen LogP contribution < -0.4 is 10.6 Å². The molecule has 1 atom stereocenters. The number of aliphatic hydroxyl groups excluding tert-OH is 1. The molecule has 0 unspecified atom stereocenters. The van der Waals surface area contributed by atoms with Gasteiger partial charge in [-0.3, -0.25) is 0 Å². The summed E-state index contributed by atoms with van der Waals surface area (Å²) in [6.45, 7) is 2.96. The molecule has 0 saturated carbocycles. The molecular weight excluding hydrogens is 176 g/mol. The number of carboxylic acids is 1. The topological polar surface area (TPSA) is 98.7 Å². The van der Waals surface area contributed by atoms with Gasteiger partial charge in [0.1, 0.15) is 0 Å². The molecule has 0 aromatic rings. The first kappa shape index (κ1) is 11.4. The number of aliphatic hydroxyl groups is 1. The third-order valence-corrected chi connectivity index (χ3v) is 1.19. The zero-order valence-electron chi connectivity index (χ0n) is 6.99. The van der Waals surface area contributed by atoms with E-state index < -0.39 is 24.6 Å². The van der Waals surface area contributed by atoms with Crippen molar-refractivity contribution in [3.8, 4) is 0 Å². The Morgan fingerprint density at radius 1 is 1.54 bits per heavy atom. The van der Waals surface area contributed by atoms with Crippen LogP contribution in [0.25, 0.3) is 0 Å². The van der Waals surface area contributed by atoms with Crippen LogP contribution in [0.3, 0.4) is 0 Å². The molecule has 0 bridgehead atoms. The third kappa shape index (κ3) is 4.81. The van der Waals surface area contributed by atoms with Crippen LogP contribution in [-0.4, -0.2) is 41.4 Å². The molecule has 0 radical (unpaired) electrons. The summed E-state index contributed by atoms with van der Waals surface area (Å²) < 4.78 is 0. The molecule has 0 aromatic carbocycles. The van der Waals surface area contributed by atoms with Crippen molar-refractivity contribution < 1.29 is 19.8 Å². The summed E-state index contributed by atoms with van der Waals surface area (Å²) >= 11 is 0. The molecule has 0 aliphatic carbocycles. The van der Waals surface area contributed by atoms with Crippen molar-refractivity contribution in [2.75, 3.05) is 13.2 Å². The highest BCUT2D eigenvalue weighted by Crippen LogP contribution is 1.81. The molecule has 6 nitrogen and oxygen atoms in total. The lowest BCUT2D eigenvalue weighted by molar-refractivity contribution is -0.140. The highest BCUT2D eigenvalue weighted by Gasteiger charge is 2.17. The SMILES string of the molecule is C=CCNC(=O)N[C@H](CO)C(=O)O. The Bertz CT molecular complexity index is 205. The predicted octanol–water partition coefficient (Wildman–Crippen LogP) is -1.08. The first-order valence-electron chi connectivity index (χ1n) is 3.60. The molecule has 13 heavy (non-hydrogen) atoms. The van der Waals surface area contributed by atoms with Crippen molar-refractivity contribution in [1.29, 1.82) is 0 Å². The van der Waals surface area contributed by atoms with Gasteiger partial charge < -0.3 is 20.8 Å². The smallest absolute Gasteiger partial charge is 0.328 e. The molecule has 0 saturated heterocycles. The molecular formula is C7H12N2O4. The maximum absolute atomic E-state index is 10.8. The van der Waals surface area contributed by atoms with Gasteiger partial charge in [0.05, 0.1) is 6.61 Å². The lowest BCUT2D eigenvalue weighted by Crippen LogP contribution is -2.47. The fraction of sp³-hybridized carbons (Fsp3) is 0.429. The third-order valence-electron chi connectivity index (χ3n) is 1.19. The van der Waals surface area contributed by atoms with Crippen LogP contribution in [0.2, 0.25) is 0 Å². The van der Waals surface area contributed by atoms with E-state index in [-0.39, 0.29) is 6.54 Å². The largest absolute Gasteiger partial charge is 0.480 e. The van der Waals surface area contributed by atoms with Crippen LogP contribution in [0, 0.1) is 0 Å². The van der Waals surface area contributed by atoms with Gasteiger partial charge >= 0.3 is 12.0 Å². The Labute approximate surface area is 75.3 Å². The number of carboxylic acid groups (broad SMARTS) is 1. The van der Waals surface area contributed by atoms with Crippen LogP contribution in [0.15, 0.2) is 12.7 Å². The van der Waals surface area contributed by atoms with Gasteiger partial charge in [0.15, 0.2) is 6.04 Å². The van der Waals surface area contributed by atoms with E-state index in [1.807, 2.05) is 0 Å². The summed E-state index contributed by atoms with van der Waals surface area (Å²) in [5, 5.41) is 21.3. The number of hydrogen-bond acceptors (Lipinski definition) is 3. The lowest BCUT2D eigenvalue weighted by Gasteiger charge is -2.11. The normalized spacial score (nSPS) is 11.5. The van der Waals surface area contributed by atoms with Crippen molar-refractivity contribution in [2.24, 2.45) is 0 Å². The molecule has 6 heteroatoms. The summed E-state index contributed by atoms with van der Waals surface area (Å²) in [6, 6.07) is -1.92. The van der Waals surface area contributed by atoms with Crippen LogP contribution in [0.1, 0.15) is 0 Å². The molecule has 0 fully saturated rings. The zero-order chi connectivity index (χ0) is 10.3. The first-order valence-corrected chi connectivity index (χ1v) is 3.60. The van der Waals surface area contributed by atoms with Crippen molar-refractivity contribution in [1.82, 2.24) is 10.6 Å². The van der Waals surface area contributed by atoms with Gasteiger partial charge in [-0.15, -0.1) is 6.58 Å². The van der Waals surface area contributed by atoms with E-state index in [9.17, 15) is 9.59 Å². The van der Waals surface area contributed by atoms with E-state index in [0.29, 0.717) is 0 Å². The Morgan fingerprint density at radius 3 is 2.54 bits per heavy atom. The van der Waals surface area contributed by atoms with E-state index in [1.165, 1.54) is 6.08 Å². The van der Waals surface area contributed by atoms with E-state index in [4.69, 9.17) is 10.2 Å². The lowest BCUT2D eigenvalue weighted by atomic mass is 10.3. The van der Waals surface area contributed by atoms with Gasteiger partial charge in [0.25, 0.3) is 0 Å². The van der Waals surface area contributed by atoms with E-state index in [2.05, 4.69) is 17.2 Å². The number of rotatable bonds is 5. The van der Waals surface area contributed by atoms with Crippen molar-refractivity contribution in [3.63, 3.8) is 0 Å². The highest BCUT2D eigenvalue weighted by molar-refractivity contribution is 5.82. The first-order chi connectivity index (χ1) is 6.11. The van der Waals surface area contributed by atoms with E-state index >= 15 is 0 Å². The van der Waals surface area contributed by atoms with E-state index in [0.717, 1.165) is 0 Å². The fourth-order valence-corrected chi connectivity index (χ4v) is 0.560. The Hall–Kier alpha value is -1.56. The summed E-state index contributed by atoms with van der Waals surface area (Å²) in [5.74, 6) is -1.28. The zero-order valence-corrected chi connectivity index (χ0v) is 6.99. The Balaban J connectivity index is 3.86. The quantitative estimate of drug-likeness (QED) is 0.412. The minimum Gasteiger partial charge on any atom is -0.480 e. The number of nitrogens with one attached hydrogen (secondary N) is 2. The van der Waals surface area contributed by atoms with Gasteiger partial charge in [-0.2, -0.15) is 0 Å². The number of aliphatic carboxylic acids is 1. The molecule has 74 valence electrons. The number of carbonyl (C=O) groups excluding carboxylic acids is 1. The van der Waals surface area contributed by atoms with Crippen molar-refractivity contribution >= 4 is 12.0 Å². The number of carbonyl (C=O) groups is 2. The maximum Gasteiger partial charge on any atom is 0.328 e. The van der Waals surface area contributed by atoms with Gasteiger partial charge in [0.2, 0.25) is 0 Å². The van der Waals surface area contributed by atoms with Crippen LogP contribution in [0.5, 0.6) is 0 Å². The van der Waals surface area contributed by atoms with Gasteiger partial charge in [0, 0.05) is 6.54 Å². The molecule has 0 heterocycles. The minimum absolute atomic E-state index is 0.240. The fourth-order valence-electron chi connectivity index (χ4n) is 0.560. The molecule has 2 amide bonds. The second kappa shape index (κ2) is 6.01. The minimum atomic E-state index is -1.28. The molecule has 4 N–H and O–H groups in total. The summed E-state index contributed by atoms with van der Waals surface area (Å²) in [7, 11) is 0. The Kier molecular flexibility index (Phi) is 5.29. The average molecular weight is 188 g/mol. The summed E-state index contributed by atoms with van der Waals surface area (Å²) in [4.78, 5) is 21.1. The Morgan fingerprint density at radius 2 is 2.15 bits per heavy atom. The molecule has 0 spiro atoms. The standard InChI is InChI=1S/C7H12N2O4/c1-2-3-8-7(13)9-5(4-10)6(11)12/h2,5,10H,1,3-4H2,(H,11,12)(H2,8,9,13)/t5-/m1/s1. The van der Waals surface area contributed by atoms with E-state index in [1.54, 1.807) is 0 Å². The number of hydrogen-bond donors (Lipinski definition) is 4. The number of amides is 2. The highest BCUT2D eigenvalue weighted by atomic mass is 16.4. The van der Waals surface area contributed by atoms with Crippen LogP contribution in [0.4, 0.5) is 4.79 Å². The second-order valence-corrected chi connectivity index (χ2v) is 2.22. The monoisotopic (exact) mass is 188 g/mol. The van der Waals surface area contributed by atoms with Gasteiger partial charge in [-0.25, -0.2) is 9.59 Å². The molecule has 0 aliphatic rings. The summed E-state index contributed by atoms with van der Waals surface area (Å²) in [5.41, 5.74) is 0. The van der Waals surface area contributed by atoms with Crippen molar-refractivity contribution in [3.05, 3.63) is 12.7 Å². The molecule has 0 aliphatic heterocycles. The average Bonchev–Trinajstić information content (AvgIpc) is 2.10. The van der Waals surface area contributed by atoms with Gasteiger partial charge in [-0.1, -0.05) is 6.08 Å². The molecule has 0 rings (SSSR count). The number of urea groups is 1. The summed E-state index contributed by atoms with van der Waals surface area (Å²) in [6.07, 6.45) is 1.45. The second-order valence-electron chi connectivity index (χ2n) is 2.22. The van der Waals surface area contributed by atoms with Crippen molar-refractivity contribution in [2.45, 2.75) is 6.04 Å². The van der Waals surface area contributed by atoms with Gasteiger partial charge in [-0.05, 0) is 0 Å². The van der Waals surface area contributed by atoms with Crippen LogP contribution >= 0.6 is 0 Å². The maximum atomic E-state index is 10.8. The van der Waals surface area contributed by atoms with Crippen LogP contribution in [-0.2, 0) is 4.79 Å². The predicted molar refractivity (Wildman–Crippen MR) is 45.2 cm³/mol.